The van der Waals surface area contributed by atoms with E-state index in [4.69, 9.17) is 14.2 Å². The number of hydrogen-bond acceptors (Lipinski definition) is 4. The van der Waals surface area contributed by atoms with Gasteiger partial charge in [-0.15, -0.1) is 0 Å². The first-order valence-corrected chi connectivity index (χ1v) is 6.28. The Labute approximate surface area is 121 Å². The van der Waals surface area contributed by atoms with Crippen LogP contribution in [-0.2, 0) is 9.47 Å². The van der Waals surface area contributed by atoms with Crippen LogP contribution in [0.15, 0.2) is 37.1 Å². The van der Waals surface area contributed by atoms with Gasteiger partial charge in [0.05, 0.1) is 19.5 Å². The molecule has 0 saturated heterocycles. The number of hydrogen-bond donors (Lipinski definition) is 0. The molecule has 0 aliphatic carbocycles. The first-order chi connectivity index (χ1) is 9.24. The highest BCUT2D eigenvalue weighted by molar-refractivity contribution is 5.94. The van der Waals surface area contributed by atoms with Crippen molar-refractivity contribution >= 4 is 5.78 Å². The average Bonchev–Trinajstić information content (AvgIpc) is 2.42. The first-order valence-electron chi connectivity index (χ1n) is 6.28. The second-order valence-corrected chi connectivity index (χ2v) is 3.93. The lowest BCUT2D eigenvalue weighted by atomic mass is 10.1. The summed E-state index contributed by atoms with van der Waals surface area (Å²) in [6.45, 7) is 7.28. The lowest BCUT2D eigenvalue weighted by molar-refractivity contribution is 0.0773. The van der Waals surface area contributed by atoms with E-state index in [2.05, 4.69) is 6.58 Å². The molecule has 0 aromatic heterocycles. The Bertz CT molecular complexity index is 384. The van der Waals surface area contributed by atoms with E-state index in [0.29, 0.717) is 32.0 Å². The highest BCUT2D eigenvalue weighted by Crippen LogP contribution is 2.12. The maximum Gasteiger partial charge on any atom is 0.159 e. The molecule has 20 heavy (non-hydrogen) atoms. The third kappa shape index (κ3) is 7.59. The van der Waals surface area contributed by atoms with Gasteiger partial charge in [-0.05, 0) is 31.2 Å². The minimum Gasteiger partial charge on any atom is -0.499 e. The maximum absolute atomic E-state index is 11.1. The van der Waals surface area contributed by atoms with E-state index in [1.54, 1.807) is 31.2 Å². The molecule has 0 heterocycles. The van der Waals surface area contributed by atoms with E-state index in [-0.39, 0.29) is 13.2 Å². The van der Waals surface area contributed by atoms with Crippen molar-refractivity contribution in [1.82, 2.24) is 0 Å². The number of benzene rings is 1. The summed E-state index contributed by atoms with van der Waals surface area (Å²) in [5.74, 6) is 0.821. The molecule has 1 aromatic carbocycles. The molecule has 1 aromatic rings. The molecular formula is C16H24O4. The predicted molar refractivity (Wildman–Crippen MR) is 80.3 cm³/mol. The summed E-state index contributed by atoms with van der Waals surface area (Å²) in [4.78, 5) is 11.1. The fourth-order valence-corrected chi connectivity index (χ4v) is 1.43. The summed E-state index contributed by atoms with van der Waals surface area (Å²) >= 11 is 0. The zero-order valence-electron chi connectivity index (χ0n) is 11.3. The minimum atomic E-state index is 0. The maximum atomic E-state index is 11.1. The Morgan fingerprint density at radius 3 is 2.45 bits per heavy atom. The largest absolute Gasteiger partial charge is 0.499 e. The van der Waals surface area contributed by atoms with Crippen molar-refractivity contribution in [3.63, 3.8) is 0 Å². The van der Waals surface area contributed by atoms with Crippen LogP contribution in [0.4, 0.5) is 0 Å². The fraction of sp³-hybridized carbons (Fsp3) is 0.438. The molecule has 0 fully saturated rings. The summed E-state index contributed by atoms with van der Waals surface area (Å²) in [7, 11) is 0. The molecule has 0 spiro atoms. The van der Waals surface area contributed by atoms with Crippen LogP contribution in [0.2, 0.25) is 0 Å². The monoisotopic (exact) mass is 280 g/mol. The molecule has 0 saturated carbocycles. The highest BCUT2D eigenvalue weighted by Gasteiger charge is 1.99. The molecule has 112 valence electrons. The zero-order chi connectivity index (χ0) is 13.9. The summed E-state index contributed by atoms with van der Waals surface area (Å²) in [6.07, 6.45) is 2.21. The van der Waals surface area contributed by atoms with Gasteiger partial charge in [-0.1, -0.05) is 14.0 Å². The van der Waals surface area contributed by atoms with Gasteiger partial charge in [0.1, 0.15) is 12.4 Å². The van der Waals surface area contributed by atoms with Gasteiger partial charge in [-0.2, -0.15) is 0 Å². The Morgan fingerprint density at radius 2 is 1.85 bits per heavy atom. The van der Waals surface area contributed by atoms with E-state index >= 15 is 0 Å². The van der Waals surface area contributed by atoms with Crippen molar-refractivity contribution in [2.75, 3.05) is 26.4 Å². The van der Waals surface area contributed by atoms with Gasteiger partial charge in [0.25, 0.3) is 0 Å². The second-order valence-electron chi connectivity index (χ2n) is 3.93. The Hall–Kier alpha value is -1.81. The number of carbonyl (C=O) groups is 1. The first kappa shape index (κ1) is 18.2. The molecule has 0 radical (unpaired) electrons. The van der Waals surface area contributed by atoms with Crippen LogP contribution in [-0.4, -0.2) is 32.2 Å². The summed E-state index contributed by atoms with van der Waals surface area (Å²) in [5.41, 5.74) is 0.693. The molecule has 0 amide bonds. The van der Waals surface area contributed by atoms with Crippen molar-refractivity contribution in [3.05, 3.63) is 42.7 Å². The fourth-order valence-electron chi connectivity index (χ4n) is 1.43. The van der Waals surface area contributed by atoms with Crippen molar-refractivity contribution in [3.8, 4) is 5.75 Å². The third-order valence-electron chi connectivity index (χ3n) is 2.43. The molecule has 0 aliphatic rings. The zero-order valence-corrected chi connectivity index (χ0v) is 11.3. The van der Waals surface area contributed by atoms with Gasteiger partial charge < -0.3 is 14.2 Å². The SMILES string of the molecule is C.C=COCCOCCCOc1ccc(C(C)=O)cc1. The van der Waals surface area contributed by atoms with Gasteiger partial charge >= 0.3 is 0 Å². The standard InChI is InChI=1S/C15H20O4.CH4/c1-3-17-11-12-18-9-4-10-19-15-7-5-14(6-8-15)13(2)16;/h3,5-8H,1,4,9-12H2,2H3;1H4. The number of Topliss-reactive ketones (excluding diaryl/α,β-unsaturated/α-hetero) is 1. The average molecular weight is 280 g/mol. The Balaban J connectivity index is 0.00000361. The number of ketones is 1. The van der Waals surface area contributed by atoms with Crippen molar-refractivity contribution in [2.24, 2.45) is 0 Å². The van der Waals surface area contributed by atoms with Gasteiger partial charge in [0.2, 0.25) is 0 Å². The van der Waals surface area contributed by atoms with E-state index in [1.807, 2.05) is 0 Å². The van der Waals surface area contributed by atoms with Crippen LogP contribution in [0.1, 0.15) is 31.1 Å². The summed E-state index contributed by atoms with van der Waals surface area (Å²) < 4.78 is 15.8. The molecule has 0 unspecified atom stereocenters. The van der Waals surface area contributed by atoms with Gasteiger partial charge in [0, 0.05) is 18.6 Å². The molecule has 0 aliphatic heterocycles. The van der Waals surface area contributed by atoms with E-state index < -0.39 is 0 Å². The number of ether oxygens (including phenoxy) is 3. The quantitative estimate of drug-likeness (QED) is 0.374. The molecule has 0 atom stereocenters. The molecule has 0 bridgehead atoms. The van der Waals surface area contributed by atoms with Crippen LogP contribution in [0, 0.1) is 0 Å². The van der Waals surface area contributed by atoms with Crippen LogP contribution in [0.3, 0.4) is 0 Å². The second kappa shape index (κ2) is 11.1. The lowest BCUT2D eigenvalue weighted by Gasteiger charge is -2.07. The molecule has 1 rings (SSSR count). The normalized spacial score (nSPS) is 9.45. The summed E-state index contributed by atoms with van der Waals surface area (Å²) in [6, 6.07) is 7.13. The highest BCUT2D eigenvalue weighted by atomic mass is 16.5. The van der Waals surface area contributed by atoms with Crippen molar-refractivity contribution in [1.29, 1.82) is 0 Å². The number of rotatable bonds is 10. The predicted octanol–water partition coefficient (Wildman–Crippen LogP) is 3.47. The smallest absolute Gasteiger partial charge is 0.159 e. The Kier molecular flexibility index (Phi) is 10.1. The van der Waals surface area contributed by atoms with Gasteiger partial charge in [-0.3, -0.25) is 4.79 Å². The minimum absolute atomic E-state index is 0. The van der Waals surface area contributed by atoms with Gasteiger partial charge in [-0.25, -0.2) is 0 Å². The molecule has 4 heteroatoms. The van der Waals surface area contributed by atoms with Crippen LogP contribution >= 0.6 is 0 Å². The molecule has 4 nitrogen and oxygen atoms in total. The molecule has 0 N–H and O–H groups in total. The van der Waals surface area contributed by atoms with E-state index in [9.17, 15) is 4.79 Å². The van der Waals surface area contributed by atoms with E-state index in [1.165, 1.54) is 6.26 Å². The van der Waals surface area contributed by atoms with Crippen LogP contribution in [0.5, 0.6) is 5.75 Å². The van der Waals surface area contributed by atoms with E-state index in [0.717, 1.165) is 12.2 Å². The number of carbonyl (C=O) groups excluding carboxylic acids is 1. The topological polar surface area (TPSA) is 44.8 Å². The Morgan fingerprint density at radius 1 is 1.15 bits per heavy atom. The van der Waals surface area contributed by atoms with Crippen LogP contribution in [0.25, 0.3) is 0 Å². The van der Waals surface area contributed by atoms with Crippen LogP contribution < -0.4 is 4.74 Å². The third-order valence-corrected chi connectivity index (χ3v) is 2.43. The van der Waals surface area contributed by atoms with Gasteiger partial charge in [0.15, 0.2) is 5.78 Å². The molecular weight excluding hydrogens is 256 g/mol. The summed E-state index contributed by atoms with van der Waals surface area (Å²) in [5, 5.41) is 0. The van der Waals surface area contributed by atoms with Crippen molar-refractivity contribution < 1.29 is 19.0 Å². The van der Waals surface area contributed by atoms with Crippen molar-refractivity contribution in [2.45, 2.75) is 20.8 Å². The lowest BCUT2D eigenvalue weighted by Crippen LogP contribution is -2.06.